The molecule has 30 heavy (non-hydrogen) atoms. The molecule has 1 aliphatic heterocycles. The van der Waals surface area contributed by atoms with Crippen LogP contribution >= 0.6 is 23.1 Å². The second-order valence-corrected chi connectivity index (χ2v) is 8.34. The van der Waals surface area contributed by atoms with Gasteiger partial charge in [-0.05, 0) is 42.3 Å². The Morgan fingerprint density at radius 1 is 1.03 bits per heavy atom. The highest BCUT2D eigenvalue weighted by atomic mass is 35.5. The molecule has 1 fully saturated rings. The summed E-state index contributed by atoms with van der Waals surface area (Å²) >= 11 is 7.43. The summed E-state index contributed by atoms with van der Waals surface area (Å²) < 4.78 is 15.5. The van der Waals surface area contributed by atoms with Gasteiger partial charge in [-0.25, -0.2) is 0 Å². The molecule has 2 heterocycles. The van der Waals surface area contributed by atoms with Gasteiger partial charge in [0.1, 0.15) is 18.1 Å². The molecule has 0 amide bonds. The molecule has 0 unspecified atom stereocenters. The second kappa shape index (κ2) is 10.1. The number of hydrogen-bond acceptors (Lipinski definition) is 7. The molecule has 0 aliphatic carbocycles. The number of halogens is 1. The minimum Gasteiger partial charge on any atom is -0.497 e. The quantitative estimate of drug-likeness (QED) is 0.520. The number of aromatic nitrogens is 2. The highest BCUT2D eigenvalue weighted by Gasteiger charge is 2.20. The van der Waals surface area contributed by atoms with Crippen LogP contribution in [0.5, 0.6) is 11.5 Å². The molecule has 3 aromatic rings. The van der Waals surface area contributed by atoms with E-state index < -0.39 is 0 Å². The lowest BCUT2D eigenvalue weighted by molar-refractivity contribution is 0.260. The van der Waals surface area contributed by atoms with Crippen molar-refractivity contribution in [3.05, 3.63) is 64.9 Å². The van der Waals surface area contributed by atoms with E-state index in [4.69, 9.17) is 21.1 Å². The first-order chi connectivity index (χ1) is 14.7. The molecule has 0 radical (unpaired) electrons. The molecule has 0 N–H and O–H groups in total. The fourth-order valence-electron chi connectivity index (χ4n) is 3.41. The van der Waals surface area contributed by atoms with Crippen molar-refractivity contribution >= 4 is 28.3 Å². The third-order valence-electron chi connectivity index (χ3n) is 5.12. The summed E-state index contributed by atoms with van der Waals surface area (Å²) in [6.07, 6.45) is 1.03. The Morgan fingerprint density at radius 3 is 2.63 bits per heavy atom. The van der Waals surface area contributed by atoms with E-state index in [2.05, 4.69) is 37.4 Å². The van der Waals surface area contributed by atoms with Gasteiger partial charge < -0.3 is 14.4 Å². The molecule has 1 saturated heterocycles. The molecular formula is C22H25ClN4O2S. The molecule has 2 aromatic carbocycles. The lowest BCUT2D eigenvalue weighted by Crippen LogP contribution is -2.47. The number of hydrogen-bond donors (Lipinski definition) is 0. The molecule has 1 aliphatic rings. The first-order valence-electron chi connectivity index (χ1n) is 10.0. The minimum atomic E-state index is 0.345. The predicted octanol–water partition coefficient (Wildman–Crippen LogP) is 4.14. The molecule has 0 atom stereocenters. The lowest BCUT2D eigenvalue weighted by Gasteiger charge is -2.34. The Morgan fingerprint density at radius 2 is 1.83 bits per heavy atom. The van der Waals surface area contributed by atoms with Crippen molar-refractivity contribution in [2.75, 3.05) is 44.7 Å². The summed E-state index contributed by atoms with van der Waals surface area (Å²) in [6.45, 7) is 5.37. The molecule has 4 rings (SSSR count). The Balaban J connectivity index is 1.23. The van der Waals surface area contributed by atoms with Gasteiger partial charge in [-0.3, -0.25) is 4.90 Å². The van der Waals surface area contributed by atoms with E-state index in [-0.39, 0.29) is 0 Å². The number of piperazine rings is 1. The van der Waals surface area contributed by atoms with Gasteiger partial charge in [0.25, 0.3) is 0 Å². The van der Waals surface area contributed by atoms with Crippen LogP contribution in [-0.2, 0) is 13.0 Å². The van der Waals surface area contributed by atoms with Gasteiger partial charge in [0.15, 0.2) is 5.82 Å². The first-order valence-corrected chi connectivity index (χ1v) is 11.2. The largest absolute Gasteiger partial charge is 0.497 e. The number of nitrogens with zero attached hydrogens (tertiary/aromatic N) is 4. The normalized spacial score (nSPS) is 14.7. The third-order valence-corrected chi connectivity index (χ3v) is 6.16. The molecule has 0 spiro atoms. The van der Waals surface area contributed by atoms with Crippen molar-refractivity contribution in [3.63, 3.8) is 0 Å². The van der Waals surface area contributed by atoms with Crippen molar-refractivity contribution in [2.24, 2.45) is 0 Å². The average Bonchev–Trinajstić information content (AvgIpc) is 3.26. The smallest absolute Gasteiger partial charge is 0.205 e. The maximum atomic E-state index is 5.99. The fraction of sp³-hybridized carbons (Fsp3) is 0.364. The Labute approximate surface area is 186 Å². The van der Waals surface area contributed by atoms with Crippen molar-refractivity contribution < 1.29 is 9.47 Å². The maximum absolute atomic E-state index is 5.99. The molecule has 158 valence electrons. The zero-order valence-corrected chi connectivity index (χ0v) is 18.5. The Hall–Kier alpha value is -2.35. The topological polar surface area (TPSA) is 50.7 Å². The standard InChI is InChI=1S/C22H25ClN4O2S/c1-28-19-6-2-4-17(14-19)8-9-26-10-12-27(13-11-26)22-24-21(25-30-22)16-29-20-7-3-5-18(23)15-20/h2-7,14-15H,8-13,16H2,1H3. The van der Waals surface area contributed by atoms with Crippen LogP contribution in [-0.4, -0.2) is 54.1 Å². The zero-order valence-electron chi connectivity index (χ0n) is 17.0. The predicted molar refractivity (Wildman–Crippen MR) is 121 cm³/mol. The Bertz CT molecular complexity index is 960. The van der Waals surface area contributed by atoms with Crippen LogP contribution in [0.1, 0.15) is 11.4 Å². The van der Waals surface area contributed by atoms with Crippen LogP contribution in [0.15, 0.2) is 48.5 Å². The highest BCUT2D eigenvalue weighted by Crippen LogP contribution is 2.22. The number of methoxy groups -OCH3 is 1. The van der Waals surface area contributed by atoms with E-state index in [0.717, 1.165) is 55.8 Å². The summed E-state index contributed by atoms with van der Waals surface area (Å²) in [5.74, 6) is 2.35. The summed E-state index contributed by atoms with van der Waals surface area (Å²) in [7, 11) is 1.71. The van der Waals surface area contributed by atoms with E-state index in [1.807, 2.05) is 24.3 Å². The second-order valence-electron chi connectivity index (χ2n) is 7.17. The van der Waals surface area contributed by atoms with Crippen molar-refractivity contribution in [1.82, 2.24) is 14.3 Å². The lowest BCUT2D eigenvalue weighted by atomic mass is 10.1. The van der Waals surface area contributed by atoms with Gasteiger partial charge in [0.2, 0.25) is 5.13 Å². The SMILES string of the molecule is COc1cccc(CCN2CCN(c3nc(COc4cccc(Cl)c4)ns3)CC2)c1. The van der Waals surface area contributed by atoms with E-state index in [1.54, 1.807) is 13.2 Å². The number of ether oxygens (including phenoxy) is 2. The number of benzene rings is 2. The molecule has 6 nitrogen and oxygen atoms in total. The van der Waals surface area contributed by atoms with E-state index in [0.29, 0.717) is 17.5 Å². The van der Waals surface area contributed by atoms with Crippen molar-refractivity contribution in [1.29, 1.82) is 0 Å². The average molecular weight is 445 g/mol. The van der Waals surface area contributed by atoms with Gasteiger partial charge >= 0.3 is 0 Å². The monoisotopic (exact) mass is 444 g/mol. The van der Waals surface area contributed by atoms with Crippen LogP contribution in [0.2, 0.25) is 5.02 Å². The van der Waals surface area contributed by atoms with Crippen LogP contribution in [0.4, 0.5) is 5.13 Å². The molecule has 8 heteroatoms. The van der Waals surface area contributed by atoms with Crippen molar-refractivity contribution in [2.45, 2.75) is 13.0 Å². The van der Waals surface area contributed by atoms with Gasteiger partial charge in [-0.2, -0.15) is 9.36 Å². The van der Waals surface area contributed by atoms with Gasteiger partial charge in [0, 0.05) is 49.3 Å². The minimum absolute atomic E-state index is 0.345. The van der Waals surface area contributed by atoms with E-state index >= 15 is 0 Å². The fourth-order valence-corrected chi connectivity index (χ4v) is 4.32. The Kier molecular flexibility index (Phi) is 7.04. The van der Waals surface area contributed by atoms with Gasteiger partial charge in [-0.15, -0.1) is 0 Å². The summed E-state index contributed by atoms with van der Waals surface area (Å²) in [5, 5.41) is 1.62. The third kappa shape index (κ3) is 5.62. The van der Waals surface area contributed by atoms with Crippen LogP contribution in [0.3, 0.4) is 0 Å². The van der Waals surface area contributed by atoms with Crippen LogP contribution < -0.4 is 14.4 Å². The van der Waals surface area contributed by atoms with Gasteiger partial charge in [-0.1, -0.05) is 29.8 Å². The van der Waals surface area contributed by atoms with Crippen LogP contribution in [0.25, 0.3) is 0 Å². The molecule has 0 bridgehead atoms. The zero-order chi connectivity index (χ0) is 20.8. The number of rotatable bonds is 8. The maximum Gasteiger partial charge on any atom is 0.205 e. The van der Waals surface area contributed by atoms with Crippen LogP contribution in [0, 0.1) is 0 Å². The molecular weight excluding hydrogens is 420 g/mol. The number of anilines is 1. The molecule has 1 aromatic heterocycles. The van der Waals surface area contributed by atoms with E-state index in [1.165, 1.54) is 17.1 Å². The summed E-state index contributed by atoms with van der Waals surface area (Å²) in [6, 6.07) is 15.7. The van der Waals surface area contributed by atoms with Gasteiger partial charge in [0.05, 0.1) is 7.11 Å². The molecule has 0 saturated carbocycles. The highest BCUT2D eigenvalue weighted by molar-refractivity contribution is 7.09. The van der Waals surface area contributed by atoms with E-state index in [9.17, 15) is 0 Å². The summed E-state index contributed by atoms with van der Waals surface area (Å²) in [4.78, 5) is 9.46. The van der Waals surface area contributed by atoms with Crippen molar-refractivity contribution in [3.8, 4) is 11.5 Å². The summed E-state index contributed by atoms with van der Waals surface area (Å²) in [5.41, 5.74) is 1.31. The first kappa shape index (κ1) is 20.9.